The summed E-state index contributed by atoms with van der Waals surface area (Å²) in [6.07, 6.45) is 18.9. The molecule has 8 aromatic rings. The first kappa shape index (κ1) is 43.4. The molecule has 8 aromatic heterocycles. The van der Waals surface area contributed by atoms with Crippen LogP contribution in [0.4, 0.5) is 0 Å². The Balaban J connectivity index is 0.889. The van der Waals surface area contributed by atoms with E-state index >= 15 is 0 Å². The zero-order valence-corrected chi connectivity index (χ0v) is 41.9. The number of aromatic nitrogens is 8. The molecule has 3 saturated heterocycles. The van der Waals surface area contributed by atoms with Crippen LogP contribution in [0.3, 0.4) is 0 Å². The number of piperidine rings is 1. The maximum absolute atomic E-state index is 13.2. The van der Waals surface area contributed by atoms with Crippen molar-refractivity contribution < 1.29 is 4.79 Å². The zero-order valence-electron chi connectivity index (χ0n) is 40.2. The number of nitrogens with zero attached hydrogens (tertiary/aromatic N) is 7. The Labute approximate surface area is 400 Å². The predicted octanol–water partition coefficient (Wildman–Crippen LogP) is 11.0. The van der Waals surface area contributed by atoms with Crippen LogP contribution in [0, 0.1) is 33.1 Å². The number of amides is 1. The predicted molar refractivity (Wildman–Crippen MR) is 272 cm³/mol. The molecule has 350 valence electrons. The molecule has 12 rings (SSSR count). The molecule has 1 amide bonds. The van der Waals surface area contributed by atoms with E-state index in [1.807, 2.05) is 31.7 Å². The Morgan fingerprint density at radius 3 is 2.09 bits per heavy atom. The standard InChI is InChI=1S/C53H65N11OS2/c1-28(2)40-42-32(6)47(35-14-19-54-20-15-35)67-50(42)61-45(40)38-23-64-49(57-27-59-64)31(5)37(38)11-10-29(3)41-43-33(7)46(66-51(43)60-44(41)36-21-30(4)48-56-26-58-63(48)22-36)34-12-16-53(17-13-34)24-62(25-53)52(65)39-9-8-18-55-39/h21-23,26-29,34-35,39,54-55,60-61H,8-20,24-25H2,1-7H3/t29?,39-/m0/s1. The number of H-pyrrole nitrogens is 2. The number of aryl methyl sites for hydroxylation is 4. The van der Waals surface area contributed by atoms with Crippen molar-refractivity contribution in [2.75, 3.05) is 32.7 Å². The van der Waals surface area contributed by atoms with E-state index in [2.05, 4.69) is 103 Å². The highest BCUT2D eigenvalue weighted by molar-refractivity contribution is 7.19. The summed E-state index contributed by atoms with van der Waals surface area (Å²) in [7, 11) is 0. The van der Waals surface area contributed by atoms with E-state index < -0.39 is 0 Å². The lowest BCUT2D eigenvalue weighted by Crippen LogP contribution is -2.62. The van der Waals surface area contributed by atoms with E-state index in [-0.39, 0.29) is 12.0 Å². The Bertz CT molecular complexity index is 3180. The third-order valence-corrected chi connectivity index (χ3v) is 19.5. The van der Waals surface area contributed by atoms with Gasteiger partial charge in [0.2, 0.25) is 5.91 Å². The number of hydrogen-bond acceptors (Lipinski definition) is 9. The third kappa shape index (κ3) is 7.13. The van der Waals surface area contributed by atoms with Crippen molar-refractivity contribution in [1.29, 1.82) is 0 Å². The second kappa shape index (κ2) is 16.7. The highest BCUT2D eigenvalue weighted by atomic mass is 32.1. The van der Waals surface area contributed by atoms with Crippen LogP contribution in [0.5, 0.6) is 0 Å². The van der Waals surface area contributed by atoms with Crippen LogP contribution in [-0.2, 0) is 11.2 Å². The monoisotopic (exact) mass is 935 g/mol. The number of thiophene rings is 2. The van der Waals surface area contributed by atoms with Gasteiger partial charge in [0.25, 0.3) is 0 Å². The Morgan fingerprint density at radius 1 is 0.776 bits per heavy atom. The smallest absolute Gasteiger partial charge is 0.239 e. The van der Waals surface area contributed by atoms with Crippen LogP contribution in [0.25, 0.3) is 54.2 Å². The van der Waals surface area contributed by atoms with E-state index in [0.29, 0.717) is 29.1 Å². The topological polar surface area (TPSA) is 136 Å². The molecular formula is C53H65N11OS2. The maximum Gasteiger partial charge on any atom is 0.239 e. The first-order chi connectivity index (χ1) is 32.5. The summed E-state index contributed by atoms with van der Waals surface area (Å²) in [4.78, 5) is 38.4. The average molecular weight is 936 g/mol. The molecule has 0 aromatic carbocycles. The lowest BCUT2D eigenvalue weighted by Gasteiger charge is -2.54. The number of hydrogen-bond donors (Lipinski definition) is 4. The number of carbonyl (C=O) groups excluding carboxylic acids is 1. The van der Waals surface area contributed by atoms with Crippen LogP contribution in [0.1, 0.15) is 151 Å². The van der Waals surface area contributed by atoms with E-state index in [9.17, 15) is 4.79 Å². The summed E-state index contributed by atoms with van der Waals surface area (Å²) >= 11 is 3.97. The van der Waals surface area contributed by atoms with Gasteiger partial charge in [0.15, 0.2) is 11.3 Å². The van der Waals surface area contributed by atoms with Gasteiger partial charge < -0.3 is 25.5 Å². The lowest BCUT2D eigenvalue weighted by atomic mass is 9.65. The van der Waals surface area contributed by atoms with Crippen molar-refractivity contribution in [1.82, 2.24) is 54.7 Å². The minimum absolute atomic E-state index is 0.0358. The molecule has 1 saturated carbocycles. The Morgan fingerprint density at radius 2 is 1.42 bits per heavy atom. The van der Waals surface area contributed by atoms with E-state index in [4.69, 9.17) is 10.1 Å². The number of pyridine rings is 2. The van der Waals surface area contributed by atoms with Gasteiger partial charge in [0, 0.05) is 62.6 Å². The molecule has 1 aliphatic carbocycles. The highest BCUT2D eigenvalue weighted by Gasteiger charge is 2.48. The largest absolute Gasteiger partial charge is 0.346 e. The normalized spacial score (nSPS) is 19.9. The van der Waals surface area contributed by atoms with Crippen molar-refractivity contribution >= 4 is 60.3 Å². The van der Waals surface area contributed by atoms with Crippen LogP contribution in [-0.4, -0.2) is 88.7 Å². The SMILES string of the molecule is Cc1c(C2CCNCC2)sc2[nH]c(-c3cn4ncnc4c(C)c3CCC(C)c3c(-c4cc(C)c5ncnn5c4)[nH]c4sc(C5CCC6(CC5)CN(C(=O)[C@@H]5CCCN5)C6)c(C)c34)c(C(C)C)c12. The summed E-state index contributed by atoms with van der Waals surface area (Å²) < 4.78 is 3.91. The van der Waals surface area contributed by atoms with Gasteiger partial charge in [-0.1, -0.05) is 20.8 Å². The molecule has 4 N–H and O–H groups in total. The first-order valence-corrected chi connectivity index (χ1v) is 26.8. The summed E-state index contributed by atoms with van der Waals surface area (Å²) in [6, 6.07) is 2.32. The fraction of sp³-hybridized carbons (Fsp3) is 0.528. The van der Waals surface area contributed by atoms with Crippen molar-refractivity contribution in [3.63, 3.8) is 0 Å². The van der Waals surface area contributed by atoms with E-state index in [0.717, 1.165) is 80.8 Å². The van der Waals surface area contributed by atoms with Gasteiger partial charge in [-0.25, -0.2) is 19.0 Å². The van der Waals surface area contributed by atoms with E-state index in [1.54, 1.807) is 22.4 Å². The van der Waals surface area contributed by atoms with Crippen LogP contribution < -0.4 is 10.6 Å². The van der Waals surface area contributed by atoms with Gasteiger partial charge in [-0.05, 0) is 180 Å². The number of carbonyl (C=O) groups is 1. The van der Waals surface area contributed by atoms with Gasteiger partial charge >= 0.3 is 0 Å². The van der Waals surface area contributed by atoms with Gasteiger partial charge in [0.05, 0.1) is 17.4 Å². The maximum atomic E-state index is 13.2. The lowest BCUT2D eigenvalue weighted by molar-refractivity contribution is -0.147. The zero-order chi connectivity index (χ0) is 45.9. The Kier molecular flexibility index (Phi) is 10.8. The van der Waals surface area contributed by atoms with Gasteiger partial charge in [-0.3, -0.25) is 4.79 Å². The van der Waals surface area contributed by atoms with Crippen molar-refractivity contribution in [3.8, 4) is 22.5 Å². The minimum atomic E-state index is 0.0358. The fourth-order valence-corrected chi connectivity index (χ4v) is 15.9. The van der Waals surface area contributed by atoms with Gasteiger partial charge in [-0.15, -0.1) is 22.7 Å². The second-order valence-electron chi connectivity index (χ2n) is 21.3. The molecule has 11 heterocycles. The number of nitrogens with one attached hydrogen (secondary N) is 4. The molecule has 1 spiro atoms. The van der Waals surface area contributed by atoms with Crippen LogP contribution >= 0.6 is 22.7 Å². The van der Waals surface area contributed by atoms with Gasteiger partial charge in [0.1, 0.15) is 22.3 Å². The number of fused-ring (bicyclic) bond motifs is 4. The second-order valence-corrected chi connectivity index (χ2v) is 23.4. The number of rotatable bonds is 10. The summed E-state index contributed by atoms with van der Waals surface area (Å²) in [5.74, 6) is 2.09. The molecule has 14 heteroatoms. The third-order valence-electron chi connectivity index (χ3n) is 16.7. The molecule has 12 nitrogen and oxygen atoms in total. The molecule has 3 aliphatic heterocycles. The molecular weight excluding hydrogens is 871 g/mol. The average Bonchev–Trinajstić information content (AvgIpc) is 4.18. The molecule has 0 bridgehead atoms. The van der Waals surface area contributed by atoms with Crippen LogP contribution in [0.2, 0.25) is 0 Å². The molecule has 4 fully saturated rings. The molecule has 0 radical (unpaired) electrons. The highest BCUT2D eigenvalue weighted by Crippen LogP contribution is 2.53. The van der Waals surface area contributed by atoms with Crippen molar-refractivity contribution in [2.24, 2.45) is 5.41 Å². The fourth-order valence-electron chi connectivity index (χ4n) is 13.1. The minimum Gasteiger partial charge on any atom is -0.346 e. The number of aromatic amines is 2. The van der Waals surface area contributed by atoms with Gasteiger partial charge in [-0.2, -0.15) is 10.2 Å². The van der Waals surface area contributed by atoms with Crippen LogP contribution in [0.15, 0.2) is 31.1 Å². The molecule has 4 aliphatic rings. The molecule has 67 heavy (non-hydrogen) atoms. The summed E-state index contributed by atoms with van der Waals surface area (Å²) in [5.41, 5.74) is 16.3. The first-order valence-electron chi connectivity index (χ1n) is 25.1. The molecule has 1 unspecified atom stereocenters. The van der Waals surface area contributed by atoms with Crippen molar-refractivity contribution in [2.45, 2.75) is 142 Å². The molecule has 2 atom stereocenters. The van der Waals surface area contributed by atoms with Crippen molar-refractivity contribution in [3.05, 3.63) is 79.8 Å². The summed E-state index contributed by atoms with van der Waals surface area (Å²) in [6.45, 7) is 21.3. The Hall–Kier alpha value is -4.89. The van der Waals surface area contributed by atoms with E-state index in [1.165, 1.54) is 109 Å². The quantitative estimate of drug-likeness (QED) is 0.107. The summed E-state index contributed by atoms with van der Waals surface area (Å²) in [5, 5.41) is 19.1. The number of likely N-dealkylation sites (tertiary alicyclic amines) is 1.